The predicted octanol–water partition coefficient (Wildman–Crippen LogP) is 1.62. The number of rotatable bonds is 8. The Morgan fingerprint density at radius 3 is 2.75 bits per heavy atom. The maximum atomic E-state index is 11.9. The van der Waals surface area contributed by atoms with Crippen molar-refractivity contribution < 1.29 is 17.9 Å². The summed E-state index contributed by atoms with van der Waals surface area (Å²) in [6.45, 7) is 1.71. The molecule has 0 aromatic heterocycles. The lowest BCUT2D eigenvalue weighted by atomic mass is 10.2. The number of halogens is 1. The second kappa shape index (κ2) is 8.39. The number of hydrogen-bond donors (Lipinski definition) is 1. The van der Waals surface area contributed by atoms with Crippen molar-refractivity contribution in [2.45, 2.75) is 11.3 Å². The molecule has 5 nitrogen and oxygen atoms in total. The Kier molecular flexibility index (Phi) is 7.18. The highest BCUT2D eigenvalue weighted by Crippen LogP contribution is 2.11. The topological polar surface area (TPSA) is 72.5 Å². The number of hydrogen-bond acceptors (Lipinski definition) is 4. The van der Waals surface area contributed by atoms with Gasteiger partial charge in [0.05, 0.1) is 11.5 Å². The first-order valence-corrected chi connectivity index (χ1v) is 9.18. The first kappa shape index (κ1) is 17.1. The molecule has 0 spiro atoms. The average Bonchev–Trinajstić information content (AvgIpc) is 2.41. The second-order valence-electron chi connectivity index (χ2n) is 4.21. The van der Waals surface area contributed by atoms with Gasteiger partial charge >= 0.3 is 0 Å². The van der Waals surface area contributed by atoms with Gasteiger partial charge in [0, 0.05) is 30.3 Å². The van der Waals surface area contributed by atoms with Gasteiger partial charge in [-0.1, -0.05) is 22.0 Å². The third kappa shape index (κ3) is 6.02. The molecule has 7 heteroatoms. The zero-order valence-corrected chi connectivity index (χ0v) is 13.7. The SMILES string of the molecule is CS(=O)(=O)c1cccc(C(=O)NCCCOCCBr)c1. The summed E-state index contributed by atoms with van der Waals surface area (Å²) < 4.78 is 28.1. The largest absolute Gasteiger partial charge is 0.381 e. The normalized spacial score (nSPS) is 11.3. The highest BCUT2D eigenvalue weighted by molar-refractivity contribution is 9.09. The van der Waals surface area contributed by atoms with Crippen LogP contribution in [0.25, 0.3) is 0 Å². The minimum absolute atomic E-state index is 0.144. The molecule has 0 fully saturated rings. The molecule has 0 bridgehead atoms. The number of alkyl halides is 1. The van der Waals surface area contributed by atoms with E-state index in [2.05, 4.69) is 21.2 Å². The maximum absolute atomic E-state index is 11.9. The molecule has 1 amide bonds. The molecule has 0 aliphatic carbocycles. The Morgan fingerprint density at radius 1 is 1.35 bits per heavy atom. The molecule has 0 heterocycles. The Morgan fingerprint density at radius 2 is 2.10 bits per heavy atom. The van der Waals surface area contributed by atoms with Crippen LogP contribution in [0.3, 0.4) is 0 Å². The summed E-state index contributed by atoms with van der Waals surface area (Å²) in [5, 5.41) is 3.52. The Hall–Kier alpha value is -0.920. The minimum atomic E-state index is -3.30. The van der Waals surface area contributed by atoms with Gasteiger partial charge in [0.25, 0.3) is 5.91 Å². The van der Waals surface area contributed by atoms with Gasteiger partial charge in [-0.3, -0.25) is 4.79 Å². The van der Waals surface area contributed by atoms with Crippen LogP contribution < -0.4 is 5.32 Å². The lowest BCUT2D eigenvalue weighted by molar-refractivity contribution is 0.0944. The maximum Gasteiger partial charge on any atom is 0.251 e. The van der Waals surface area contributed by atoms with Crippen LogP contribution in [-0.2, 0) is 14.6 Å². The van der Waals surface area contributed by atoms with Crippen molar-refractivity contribution in [1.29, 1.82) is 0 Å². The van der Waals surface area contributed by atoms with Crippen molar-refractivity contribution in [3.05, 3.63) is 29.8 Å². The van der Waals surface area contributed by atoms with Crippen LogP contribution in [0.2, 0.25) is 0 Å². The standard InChI is InChI=1S/C13H18BrNO4S/c1-20(17,18)12-5-2-4-11(10-12)13(16)15-7-3-8-19-9-6-14/h2,4-5,10H,3,6-9H2,1H3,(H,15,16). The molecule has 0 atom stereocenters. The highest BCUT2D eigenvalue weighted by atomic mass is 79.9. The molecule has 0 saturated heterocycles. The van der Waals surface area contributed by atoms with Gasteiger partial charge in [0.2, 0.25) is 0 Å². The number of sulfone groups is 1. The minimum Gasteiger partial charge on any atom is -0.381 e. The molecule has 112 valence electrons. The van der Waals surface area contributed by atoms with E-state index in [1.165, 1.54) is 12.1 Å². The van der Waals surface area contributed by atoms with Gasteiger partial charge in [0.15, 0.2) is 9.84 Å². The van der Waals surface area contributed by atoms with Crippen LogP contribution in [0, 0.1) is 0 Å². The lowest BCUT2D eigenvalue weighted by Gasteiger charge is -2.06. The van der Waals surface area contributed by atoms with E-state index in [9.17, 15) is 13.2 Å². The van der Waals surface area contributed by atoms with Crippen molar-refractivity contribution in [2.75, 3.05) is 31.3 Å². The zero-order valence-electron chi connectivity index (χ0n) is 11.3. The van der Waals surface area contributed by atoms with E-state index in [1.54, 1.807) is 12.1 Å². The number of amides is 1. The summed E-state index contributed by atoms with van der Waals surface area (Å²) in [5.74, 6) is -0.281. The second-order valence-corrected chi connectivity index (χ2v) is 7.02. The van der Waals surface area contributed by atoms with Gasteiger partial charge in [-0.2, -0.15) is 0 Å². The Labute approximate surface area is 127 Å². The van der Waals surface area contributed by atoms with Crippen molar-refractivity contribution in [2.24, 2.45) is 0 Å². The molecule has 0 aliphatic rings. The molecular weight excluding hydrogens is 346 g/mol. The molecule has 1 aromatic carbocycles. The molecule has 0 saturated carbocycles. The van der Waals surface area contributed by atoms with E-state index in [-0.39, 0.29) is 10.8 Å². The highest BCUT2D eigenvalue weighted by Gasteiger charge is 2.11. The van der Waals surface area contributed by atoms with E-state index in [0.29, 0.717) is 31.7 Å². The van der Waals surface area contributed by atoms with Gasteiger partial charge in [-0.15, -0.1) is 0 Å². The van der Waals surface area contributed by atoms with Crippen molar-refractivity contribution in [3.63, 3.8) is 0 Å². The van der Waals surface area contributed by atoms with E-state index in [4.69, 9.17) is 4.74 Å². The Bertz CT molecular complexity index is 545. The molecule has 1 N–H and O–H groups in total. The molecule has 1 rings (SSSR count). The van der Waals surface area contributed by atoms with Gasteiger partial charge in [0.1, 0.15) is 0 Å². The molecule has 1 aromatic rings. The smallest absolute Gasteiger partial charge is 0.251 e. The van der Waals surface area contributed by atoms with Gasteiger partial charge in [-0.05, 0) is 24.6 Å². The fourth-order valence-electron chi connectivity index (χ4n) is 1.50. The monoisotopic (exact) mass is 363 g/mol. The summed E-state index contributed by atoms with van der Waals surface area (Å²) in [6.07, 6.45) is 1.83. The first-order chi connectivity index (χ1) is 9.45. The number of nitrogens with one attached hydrogen (secondary N) is 1. The Balaban J connectivity index is 2.48. The summed E-state index contributed by atoms with van der Waals surface area (Å²) in [6, 6.07) is 6.00. The van der Waals surface area contributed by atoms with Crippen LogP contribution in [0.5, 0.6) is 0 Å². The lowest BCUT2D eigenvalue weighted by Crippen LogP contribution is -2.25. The summed E-state index contributed by atoms with van der Waals surface area (Å²) in [7, 11) is -3.30. The number of benzene rings is 1. The third-order valence-corrected chi connectivity index (χ3v) is 3.93. The molecule has 0 radical (unpaired) electrons. The van der Waals surface area contributed by atoms with Crippen LogP contribution in [0.4, 0.5) is 0 Å². The quantitative estimate of drug-likeness (QED) is 0.562. The number of ether oxygens (including phenoxy) is 1. The first-order valence-electron chi connectivity index (χ1n) is 6.17. The molecule has 0 unspecified atom stereocenters. The van der Waals surface area contributed by atoms with E-state index in [1.807, 2.05) is 0 Å². The van der Waals surface area contributed by atoms with Crippen molar-refractivity contribution in [3.8, 4) is 0 Å². The van der Waals surface area contributed by atoms with Crippen LogP contribution in [0.15, 0.2) is 29.2 Å². The molecule has 0 aliphatic heterocycles. The van der Waals surface area contributed by atoms with E-state index < -0.39 is 9.84 Å². The summed E-state index contributed by atoms with van der Waals surface area (Å²) >= 11 is 3.25. The summed E-state index contributed by atoms with van der Waals surface area (Å²) in [4.78, 5) is 12.0. The predicted molar refractivity (Wildman–Crippen MR) is 81.1 cm³/mol. The molecular formula is C13H18BrNO4S. The van der Waals surface area contributed by atoms with E-state index in [0.717, 1.165) is 11.6 Å². The van der Waals surface area contributed by atoms with Crippen LogP contribution >= 0.6 is 15.9 Å². The fourth-order valence-corrected chi connectivity index (χ4v) is 2.40. The molecule has 20 heavy (non-hydrogen) atoms. The number of carbonyl (C=O) groups excluding carboxylic acids is 1. The summed E-state index contributed by atoms with van der Waals surface area (Å²) in [5.41, 5.74) is 0.342. The third-order valence-electron chi connectivity index (χ3n) is 2.50. The number of carbonyl (C=O) groups is 1. The average molecular weight is 364 g/mol. The van der Waals surface area contributed by atoms with Crippen LogP contribution in [0.1, 0.15) is 16.8 Å². The zero-order chi connectivity index (χ0) is 15.0. The fraction of sp³-hybridized carbons (Fsp3) is 0.462. The van der Waals surface area contributed by atoms with Gasteiger partial charge in [-0.25, -0.2) is 8.42 Å². The van der Waals surface area contributed by atoms with Crippen LogP contribution in [-0.4, -0.2) is 45.7 Å². The van der Waals surface area contributed by atoms with E-state index >= 15 is 0 Å². The van der Waals surface area contributed by atoms with Crippen molar-refractivity contribution in [1.82, 2.24) is 5.32 Å². The van der Waals surface area contributed by atoms with Crippen molar-refractivity contribution >= 4 is 31.7 Å². The van der Waals surface area contributed by atoms with Gasteiger partial charge < -0.3 is 10.1 Å².